The molecule has 12 heteroatoms. The van der Waals surface area contributed by atoms with Gasteiger partial charge in [-0.05, 0) is 55.7 Å². The van der Waals surface area contributed by atoms with Crippen LogP contribution in [0.5, 0.6) is 23.0 Å². The second-order valence-electron chi connectivity index (χ2n) is 12.1. The van der Waals surface area contributed by atoms with E-state index >= 15 is 0 Å². The van der Waals surface area contributed by atoms with Crippen molar-refractivity contribution in [1.82, 2.24) is 10.2 Å². The highest BCUT2D eigenvalue weighted by Crippen LogP contribution is 2.38. The summed E-state index contributed by atoms with van der Waals surface area (Å²) < 4.78 is 52.2. The van der Waals surface area contributed by atoms with Crippen LogP contribution < -0.4 is 28.6 Å². The first kappa shape index (κ1) is 38.6. The lowest BCUT2D eigenvalue weighted by Gasteiger charge is -2.34. The number of ether oxygens (including phenoxy) is 4. The summed E-state index contributed by atoms with van der Waals surface area (Å²) >= 11 is 0. The summed E-state index contributed by atoms with van der Waals surface area (Å²) in [6.45, 7) is 5.20. The maximum atomic E-state index is 14.9. The number of benzene rings is 4. The van der Waals surface area contributed by atoms with Crippen LogP contribution in [-0.4, -0.2) is 72.2 Å². The van der Waals surface area contributed by atoms with Crippen LogP contribution in [0.1, 0.15) is 37.0 Å². The van der Waals surface area contributed by atoms with E-state index in [0.717, 1.165) is 21.0 Å². The molecule has 0 spiro atoms. The van der Waals surface area contributed by atoms with Crippen molar-refractivity contribution in [3.05, 3.63) is 108 Å². The zero-order valence-corrected chi connectivity index (χ0v) is 31.0. The van der Waals surface area contributed by atoms with Gasteiger partial charge in [-0.15, -0.1) is 0 Å². The molecule has 0 aliphatic heterocycles. The highest BCUT2D eigenvalue weighted by atomic mass is 32.2. The maximum Gasteiger partial charge on any atom is 0.265 e. The van der Waals surface area contributed by atoms with Crippen molar-refractivity contribution in [2.45, 2.75) is 57.1 Å². The van der Waals surface area contributed by atoms with Crippen molar-refractivity contribution in [3.8, 4) is 23.0 Å². The number of carbonyl (C=O) groups excluding carboxylic acids is 2. The van der Waals surface area contributed by atoms with Crippen LogP contribution in [0, 0.1) is 6.92 Å². The zero-order valence-electron chi connectivity index (χ0n) is 30.2. The maximum absolute atomic E-state index is 14.9. The van der Waals surface area contributed by atoms with Crippen LogP contribution in [0.2, 0.25) is 0 Å². The Bertz CT molecular complexity index is 1880. The van der Waals surface area contributed by atoms with Gasteiger partial charge in [0, 0.05) is 31.1 Å². The number of hydrogen-bond donors (Lipinski definition) is 1. The number of methoxy groups -OCH3 is 4. The Morgan fingerprint density at radius 2 is 1.41 bits per heavy atom. The van der Waals surface area contributed by atoms with Crippen LogP contribution in [0.4, 0.5) is 5.69 Å². The Morgan fingerprint density at radius 1 is 0.765 bits per heavy atom. The fourth-order valence-electron chi connectivity index (χ4n) is 5.49. The van der Waals surface area contributed by atoms with Gasteiger partial charge in [-0.2, -0.15) is 0 Å². The normalized spacial score (nSPS) is 12.3. The largest absolute Gasteiger partial charge is 0.497 e. The summed E-state index contributed by atoms with van der Waals surface area (Å²) in [5.41, 5.74) is 2.72. The lowest BCUT2D eigenvalue weighted by atomic mass is 10.0. The van der Waals surface area contributed by atoms with E-state index in [9.17, 15) is 18.0 Å². The third-order valence-corrected chi connectivity index (χ3v) is 10.4. The second-order valence-corrected chi connectivity index (χ2v) is 14.0. The predicted molar refractivity (Wildman–Crippen MR) is 197 cm³/mol. The van der Waals surface area contributed by atoms with E-state index in [-0.39, 0.29) is 47.0 Å². The van der Waals surface area contributed by atoms with Crippen molar-refractivity contribution in [3.63, 3.8) is 0 Å². The molecule has 0 aliphatic rings. The van der Waals surface area contributed by atoms with E-state index < -0.39 is 28.5 Å². The minimum absolute atomic E-state index is 0.0457. The van der Waals surface area contributed by atoms with Gasteiger partial charge in [0.05, 0.1) is 39.0 Å². The van der Waals surface area contributed by atoms with Gasteiger partial charge >= 0.3 is 0 Å². The van der Waals surface area contributed by atoms with E-state index in [4.69, 9.17) is 18.9 Å². The standard InChI is InChI=1S/C39H47N3O8S/c1-8-28(3)40-39(44)34(22-29-12-10-9-11-13-29)41(25-30-16-14-27(2)15-17-30)38(43)26-42(33-23-31(47-4)18-20-35(33)48-5)51(45,46)32-19-21-36(49-6)37(24-32)50-7/h9-21,23-24,28,34H,8,22,25-26H2,1-7H3,(H,40,44)/t28-,34-/m1/s1. The van der Waals surface area contributed by atoms with Crippen molar-refractivity contribution < 1.29 is 37.0 Å². The van der Waals surface area contributed by atoms with Crippen molar-refractivity contribution >= 4 is 27.5 Å². The quantitative estimate of drug-likeness (QED) is 0.146. The average molecular weight is 718 g/mol. The van der Waals surface area contributed by atoms with Gasteiger partial charge in [0.2, 0.25) is 11.8 Å². The summed E-state index contributed by atoms with van der Waals surface area (Å²) in [6, 6.07) is 24.8. The molecule has 1 N–H and O–H groups in total. The molecule has 2 amide bonds. The fraction of sp³-hybridized carbons (Fsp3) is 0.333. The number of sulfonamides is 1. The number of carbonyl (C=O) groups is 2. The van der Waals surface area contributed by atoms with Gasteiger partial charge < -0.3 is 29.2 Å². The highest BCUT2D eigenvalue weighted by Gasteiger charge is 2.36. The molecule has 0 unspecified atom stereocenters. The first-order valence-corrected chi connectivity index (χ1v) is 18.1. The van der Waals surface area contributed by atoms with E-state index in [0.29, 0.717) is 17.9 Å². The van der Waals surface area contributed by atoms with E-state index in [1.165, 1.54) is 57.6 Å². The Hall–Kier alpha value is -5.23. The number of nitrogens with one attached hydrogen (secondary N) is 1. The van der Waals surface area contributed by atoms with Gasteiger partial charge in [-0.3, -0.25) is 13.9 Å². The van der Waals surface area contributed by atoms with Gasteiger partial charge in [-0.1, -0.05) is 67.1 Å². The molecule has 0 aromatic heterocycles. The summed E-state index contributed by atoms with van der Waals surface area (Å²) in [6.07, 6.45) is 0.883. The molecule has 0 bridgehead atoms. The molecule has 2 atom stereocenters. The lowest BCUT2D eigenvalue weighted by molar-refractivity contribution is -0.140. The molecular weight excluding hydrogens is 671 g/mol. The molecule has 0 aliphatic carbocycles. The number of hydrogen-bond acceptors (Lipinski definition) is 8. The van der Waals surface area contributed by atoms with Crippen molar-refractivity contribution in [2.75, 3.05) is 39.3 Å². The summed E-state index contributed by atoms with van der Waals surface area (Å²) in [7, 11) is 1.23. The zero-order chi connectivity index (χ0) is 37.1. The third kappa shape index (κ3) is 9.52. The summed E-state index contributed by atoms with van der Waals surface area (Å²) in [5.74, 6) is 0.100. The van der Waals surface area contributed by atoms with Crippen LogP contribution >= 0.6 is 0 Å². The Labute approximate surface area is 301 Å². The molecule has 0 saturated heterocycles. The van der Waals surface area contributed by atoms with E-state index in [2.05, 4.69) is 5.32 Å². The Kier molecular flexibility index (Phi) is 13.3. The van der Waals surface area contributed by atoms with Gasteiger partial charge in [-0.25, -0.2) is 8.42 Å². The van der Waals surface area contributed by atoms with Crippen LogP contribution in [0.3, 0.4) is 0 Å². The number of nitrogens with zero attached hydrogens (tertiary/aromatic N) is 2. The van der Waals surface area contributed by atoms with E-state index in [1.807, 2.05) is 75.4 Å². The molecule has 4 rings (SSSR count). The van der Waals surface area contributed by atoms with Crippen LogP contribution in [0.15, 0.2) is 95.9 Å². The summed E-state index contributed by atoms with van der Waals surface area (Å²) in [5, 5.41) is 3.05. The first-order chi connectivity index (χ1) is 24.4. The van der Waals surface area contributed by atoms with Gasteiger partial charge in [0.25, 0.3) is 10.0 Å². The molecule has 11 nitrogen and oxygen atoms in total. The molecular formula is C39H47N3O8S. The molecule has 0 saturated carbocycles. The lowest BCUT2D eigenvalue weighted by Crippen LogP contribution is -2.54. The molecule has 0 radical (unpaired) electrons. The van der Waals surface area contributed by atoms with E-state index in [1.54, 1.807) is 12.1 Å². The third-order valence-electron chi connectivity index (χ3n) is 8.62. The number of anilines is 1. The topological polar surface area (TPSA) is 124 Å². The SMILES string of the molecule is CC[C@@H](C)NC(=O)[C@@H](Cc1ccccc1)N(Cc1ccc(C)cc1)C(=O)CN(c1cc(OC)ccc1OC)S(=O)(=O)c1ccc(OC)c(OC)c1. The summed E-state index contributed by atoms with van der Waals surface area (Å²) in [4.78, 5) is 30.3. The minimum atomic E-state index is -4.49. The molecule has 0 fully saturated rings. The second kappa shape index (κ2) is 17.6. The highest BCUT2D eigenvalue weighted by molar-refractivity contribution is 7.92. The van der Waals surface area contributed by atoms with Crippen molar-refractivity contribution in [1.29, 1.82) is 0 Å². The van der Waals surface area contributed by atoms with Gasteiger partial charge in [0.15, 0.2) is 11.5 Å². The Morgan fingerprint density at radius 3 is 2.02 bits per heavy atom. The average Bonchev–Trinajstić information content (AvgIpc) is 3.15. The van der Waals surface area contributed by atoms with Gasteiger partial charge in [0.1, 0.15) is 24.1 Å². The fourth-order valence-corrected chi connectivity index (χ4v) is 6.93. The predicted octanol–water partition coefficient (Wildman–Crippen LogP) is 5.78. The van der Waals surface area contributed by atoms with Crippen LogP contribution in [-0.2, 0) is 32.6 Å². The smallest absolute Gasteiger partial charge is 0.265 e. The molecule has 4 aromatic rings. The van der Waals surface area contributed by atoms with Crippen LogP contribution in [0.25, 0.3) is 0 Å². The molecule has 51 heavy (non-hydrogen) atoms. The monoisotopic (exact) mass is 717 g/mol. The van der Waals surface area contributed by atoms with Crippen molar-refractivity contribution in [2.24, 2.45) is 0 Å². The number of amides is 2. The Balaban J connectivity index is 1.90. The molecule has 0 heterocycles. The first-order valence-electron chi connectivity index (χ1n) is 16.6. The molecule has 272 valence electrons. The number of aryl methyl sites for hydroxylation is 1. The molecule has 4 aromatic carbocycles. The number of rotatable bonds is 17. The minimum Gasteiger partial charge on any atom is -0.497 e.